The number of rotatable bonds is 5. The van der Waals surface area contributed by atoms with Crippen LogP contribution in [0.4, 0.5) is 26.2 Å². The molecule has 0 radical (unpaired) electrons. The summed E-state index contributed by atoms with van der Waals surface area (Å²) >= 11 is 0. The van der Waals surface area contributed by atoms with Crippen molar-refractivity contribution in [3.63, 3.8) is 0 Å². The number of amides is 2. The number of para-hydroxylation sites is 1. The molecule has 0 spiro atoms. The molecule has 0 aliphatic heterocycles. The molecule has 0 aliphatic rings. The van der Waals surface area contributed by atoms with Gasteiger partial charge in [0, 0.05) is 28.8 Å². The third kappa shape index (κ3) is 4.95. The summed E-state index contributed by atoms with van der Waals surface area (Å²) < 4.78 is 13.5. The SMILES string of the molecule is O=C(N/C=C/c1ccccc1F)Nc1ccc(Nc2ccccc2)cc1. The van der Waals surface area contributed by atoms with Crippen molar-refractivity contribution in [1.82, 2.24) is 5.32 Å². The second kappa shape index (κ2) is 8.48. The summed E-state index contributed by atoms with van der Waals surface area (Å²) in [6, 6.07) is 23.1. The van der Waals surface area contributed by atoms with Crippen molar-refractivity contribution in [2.24, 2.45) is 0 Å². The molecule has 0 saturated heterocycles. The molecule has 3 N–H and O–H groups in total. The zero-order valence-electron chi connectivity index (χ0n) is 13.9. The van der Waals surface area contributed by atoms with Crippen molar-refractivity contribution in [3.05, 3.63) is 96.4 Å². The van der Waals surface area contributed by atoms with Crippen molar-refractivity contribution in [3.8, 4) is 0 Å². The lowest BCUT2D eigenvalue weighted by Crippen LogP contribution is -2.23. The normalized spacial score (nSPS) is 10.5. The Hall–Kier alpha value is -3.60. The number of hydrogen-bond acceptors (Lipinski definition) is 2. The Labute approximate surface area is 151 Å². The quantitative estimate of drug-likeness (QED) is 0.582. The predicted molar refractivity (Wildman–Crippen MR) is 104 cm³/mol. The highest BCUT2D eigenvalue weighted by Gasteiger charge is 2.01. The molecule has 3 aromatic rings. The Morgan fingerprint density at radius 3 is 2.12 bits per heavy atom. The first kappa shape index (κ1) is 17.2. The van der Waals surface area contributed by atoms with Crippen molar-refractivity contribution >= 4 is 29.2 Å². The first-order valence-electron chi connectivity index (χ1n) is 8.11. The number of urea groups is 1. The van der Waals surface area contributed by atoms with Gasteiger partial charge in [-0.25, -0.2) is 9.18 Å². The fourth-order valence-electron chi connectivity index (χ4n) is 2.31. The topological polar surface area (TPSA) is 53.2 Å². The summed E-state index contributed by atoms with van der Waals surface area (Å²) in [6.07, 6.45) is 2.90. The molecule has 0 aliphatic carbocycles. The van der Waals surface area contributed by atoms with E-state index in [9.17, 15) is 9.18 Å². The molecule has 0 heterocycles. The Kier molecular flexibility index (Phi) is 5.62. The fourth-order valence-corrected chi connectivity index (χ4v) is 2.31. The maximum Gasteiger partial charge on any atom is 0.323 e. The Morgan fingerprint density at radius 1 is 0.769 bits per heavy atom. The number of hydrogen-bond donors (Lipinski definition) is 3. The molecule has 3 aromatic carbocycles. The summed E-state index contributed by atoms with van der Waals surface area (Å²) in [5.74, 6) is -0.340. The zero-order valence-corrected chi connectivity index (χ0v) is 13.9. The highest BCUT2D eigenvalue weighted by Crippen LogP contribution is 2.18. The second-order valence-corrected chi connectivity index (χ2v) is 5.52. The van der Waals surface area contributed by atoms with Crippen LogP contribution in [0.25, 0.3) is 6.08 Å². The largest absolute Gasteiger partial charge is 0.356 e. The molecule has 0 aromatic heterocycles. The lowest BCUT2D eigenvalue weighted by atomic mass is 10.2. The molecule has 0 saturated carbocycles. The molecule has 26 heavy (non-hydrogen) atoms. The molecule has 130 valence electrons. The van der Waals surface area contributed by atoms with Crippen LogP contribution >= 0.6 is 0 Å². The average Bonchev–Trinajstić information content (AvgIpc) is 2.66. The maximum absolute atomic E-state index is 13.5. The van der Waals surface area contributed by atoms with Gasteiger partial charge >= 0.3 is 6.03 Å². The van der Waals surface area contributed by atoms with E-state index in [2.05, 4.69) is 16.0 Å². The smallest absolute Gasteiger partial charge is 0.323 e. The number of benzene rings is 3. The highest BCUT2D eigenvalue weighted by atomic mass is 19.1. The van der Waals surface area contributed by atoms with Gasteiger partial charge in [-0.3, -0.25) is 0 Å². The van der Waals surface area contributed by atoms with Crippen LogP contribution < -0.4 is 16.0 Å². The molecule has 5 heteroatoms. The molecule has 0 fully saturated rings. The Balaban J connectivity index is 1.52. The number of carbonyl (C=O) groups is 1. The van der Waals surface area contributed by atoms with Gasteiger partial charge in [0.05, 0.1) is 0 Å². The van der Waals surface area contributed by atoms with Crippen molar-refractivity contribution in [1.29, 1.82) is 0 Å². The van der Waals surface area contributed by atoms with E-state index >= 15 is 0 Å². The van der Waals surface area contributed by atoms with Crippen LogP contribution in [0.1, 0.15) is 5.56 Å². The summed E-state index contributed by atoms with van der Waals surface area (Å²) in [7, 11) is 0. The molecule has 2 amide bonds. The van der Waals surface area contributed by atoms with Crippen LogP contribution in [0.15, 0.2) is 85.1 Å². The van der Waals surface area contributed by atoms with Gasteiger partial charge in [0.1, 0.15) is 5.82 Å². The molecular weight excluding hydrogens is 329 g/mol. The maximum atomic E-state index is 13.5. The Morgan fingerprint density at radius 2 is 1.38 bits per heavy atom. The molecule has 3 rings (SSSR count). The van der Waals surface area contributed by atoms with Crippen molar-refractivity contribution in [2.45, 2.75) is 0 Å². The number of anilines is 3. The van der Waals surface area contributed by atoms with Crippen LogP contribution in [0.3, 0.4) is 0 Å². The third-order valence-electron chi connectivity index (χ3n) is 3.59. The van der Waals surface area contributed by atoms with Gasteiger partial charge in [0.2, 0.25) is 0 Å². The van der Waals surface area contributed by atoms with Gasteiger partial charge in [-0.15, -0.1) is 0 Å². The highest BCUT2D eigenvalue weighted by molar-refractivity contribution is 5.90. The van der Waals surface area contributed by atoms with Gasteiger partial charge in [0.25, 0.3) is 0 Å². The minimum Gasteiger partial charge on any atom is -0.356 e. The summed E-state index contributed by atoms with van der Waals surface area (Å²) in [5.41, 5.74) is 2.97. The summed E-state index contributed by atoms with van der Waals surface area (Å²) in [4.78, 5) is 11.9. The van der Waals surface area contributed by atoms with Gasteiger partial charge in [-0.1, -0.05) is 36.4 Å². The van der Waals surface area contributed by atoms with E-state index in [0.29, 0.717) is 11.3 Å². The number of carbonyl (C=O) groups excluding carboxylic acids is 1. The number of halogens is 1. The van der Waals surface area contributed by atoms with E-state index in [1.165, 1.54) is 18.3 Å². The minimum absolute atomic E-state index is 0.340. The van der Waals surface area contributed by atoms with Crippen molar-refractivity contribution < 1.29 is 9.18 Å². The first-order valence-corrected chi connectivity index (χ1v) is 8.11. The van der Waals surface area contributed by atoms with Gasteiger partial charge in [0.15, 0.2) is 0 Å². The number of nitrogens with one attached hydrogen (secondary N) is 3. The third-order valence-corrected chi connectivity index (χ3v) is 3.59. The van der Waals surface area contributed by atoms with E-state index in [0.717, 1.165) is 11.4 Å². The van der Waals surface area contributed by atoms with E-state index in [1.807, 2.05) is 42.5 Å². The first-order chi connectivity index (χ1) is 12.7. The van der Waals surface area contributed by atoms with Crippen LogP contribution in [-0.2, 0) is 0 Å². The minimum atomic E-state index is -0.402. The molecule has 0 unspecified atom stereocenters. The van der Waals surface area contributed by atoms with E-state index in [1.54, 1.807) is 30.3 Å². The molecular formula is C21H18FN3O. The predicted octanol–water partition coefficient (Wildman–Crippen LogP) is 5.36. The lowest BCUT2D eigenvalue weighted by Gasteiger charge is -2.08. The van der Waals surface area contributed by atoms with E-state index in [-0.39, 0.29) is 5.82 Å². The van der Waals surface area contributed by atoms with Crippen molar-refractivity contribution in [2.75, 3.05) is 10.6 Å². The lowest BCUT2D eigenvalue weighted by molar-refractivity contribution is 0.255. The van der Waals surface area contributed by atoms with Crippen LogP contribution in [0, 0.1) is 5.82 Å². The zero-order chi connectivity index (χ0) is 18.2. The van der Waals surface area contributed by atoms with Gasteiger partial charge < -0.3 is 16.0 Å². The molecule has 0 atom stereocenters. The molecule has 4 nitrogen and oxygen atoms in total. The monoisotopic (exact) mass is 347 g/mol. The van der Waals surface area contributed by atoms with Crippen LogP contribution in [0.5, 0.6) is 0 Å². The average molecular weight is 347 g/mol. The van der Waals surface area contributed by atoms with Gasteiger partial charge in [-0.2, -0.15) is 0 Å². The standard InChI is InChI=1S/C21H18FN3O/c22-20-9-5-4-6-16(20)14-15-23-21(26)25-19-12-10-18(11-13-19)24-17-7-2-1-3-8-17/h1-15,24H,(H2,23,25,26)/b15-14+. The summed E-state index contributed by atoms with van der Waals surface area (Å²) in [6.45, 7) is 0. The Bertz CT molecular complexity index is 893. The molecule has 0 bridgehead atoms. The fraction of sp³-hybridized carbons (Fsp3) is 0. The van der Waals surface area contributed by atoms with Crippen LogP contribution in [-0.4, -0.2) is 6.03 Å². The van der Waals surface area contributed by atoms with Gasteiger partial charge in [-0.05, 0) is 48.5 Å². The summed E-state index contributed by atoms with van der Waals surface area (Å²) in [5, 5.41) is 8.53. The van der Waals surface area contributed by atoms with Crippen LogP contribution in [0.2, 0.25) is 0 Å². The van der Waals surface area contributed by atoms with E-state index in [4.69, 9.17) is 0 Å². The second-order valence-electron chi connectivity index (χ2n) is 5.52. The van der Waals surface area contributed by atoms with E-state index < -0.39 is 6.03 Å².